The van der Waals surface area contributed by atoms with Crippen LogP contribution in [0, 0.1) is 20.8 Å². The predicted octanol–water partition coefficient (Wildman–Crippen LogP) is 5.15. The van der Waals surface area contributed by atoms with E-state index in [0.29, 0.717) is 11.4 Å². The van der Waals surface area contributed by atoms with Gasteiger partial charge in [0.1, 0.15) is 18.3 Å². The second kappa shape index (κ2) is 12.8. The molecule has 0 saturated carbocycles. The van der Waals surface area contributed by atoms with E-state index in [-0.39, 0.29) is 17.3 Å². The number of sulfonamides is 1. The molecule has 0 fully saturated rings. The molecule has 3 aromatic carbocycles. The third-order valence-corrected chi connectivity index (χ3v) is 8.32. The summed E-state index contributed by atoms with van der Waals surface area (Å²) in [6.45, 7) is 12.5. The lowest BCUT2D eigenvalue weighted by Crippen LogP contribution is -2.54. The van der Waals surface area contributed by atoms with Gasteiger partial charge in [-0.2, -0.15) is 0 Å². The van der Waals surface area contributed by atoms with Crippen LogP contribution in [-0.2, 0) is 26.2 Å². The number of methoxy groups -OCH3 is 1. The van der Waals surface area contributed by atoms with Crippen molar-refractivity contribution in [2.45, 2.75) is 71.5 Å². The number of amides is 2. The molecule has 8 nitrogen and oxygen atoms in total. The first kappa shape index (κ1) is 31.7. The number of hydrogen-bond donors (Lipinski definition) is 1. The van der Waals surface area contributed by atoms with Gasteiger partial charge in [0.05, 0.1) is 17.7 Å². The summed E-state index contributed by atoms with van der Waals surface area (Å²) in [4.78, 5) is 28.8. The van der Waals surface area contributed by atoms with Crippen LogP contribution in [0.4, 0.5) is 5.69 Å². The lowest BCUT2D eigenvalue weighted by Gasteiger charge is -2.33. The van der Waals surface area contributed by atoms with Crippen molar-refractivity contribution in [3.8, 4) is 5.75 Å². The summed E-state index contributed by atoms with van der Waals surface area (Å²) in [6, 6.07) is 18.3. The van der Waals surface area contributed by atoms with Crippen LogP contribution in [0.25, 0.3) is 0 Å². The zero-order valence-corrected chi connectivity index (χ0v) is 26.0. The minimum Gasteiger partial charge on any atom is -0.497 e. The molecular formula is C32H41N3O5S. The van der Waals surface area contributed by atoms with Gasteiger partial charge in [0.25, 0.3) is 10.0 Å². The van der Waals surface area contributed by atoms with Crippen molar-refractivity contribution in [3.63, 3.8) is 0 Å². The van der Waals surface area contributed by atoms with E-state index in [1.54, 1.807) is 56.5 Å². The molecule has 9 heteroatoms. The van der Waals surface area contributed by atoms with Gasteiger partial charge in [0, 0.05) is 12.1 Å². The fourth-order valence-corrected chi connectivity index (χ4v) is 5.88. The van der Waals surface area contributed by atoms with Crippen LogP contribution in [0.2, 0.25) is 0 Å². The molecule has 2 amide bonds. The number of nitrogens with one attached hydrogen (secondary N) is 1. The molecular weight excluding hydrogens is 538 g/mol. The Kier molecular flexibility index (Phi) is 9.86. The van der Waals surface area contributed by atoms with Crippen molar-refractivity contribution < 1.29 is 22.7 Å². The van der Waals surface area contributed by atoms with E-state index in [1.165, 1.54) is 17.0 Å². The Morgan fingerprint density at radius 2 is 1.51 bits per heavy atom. The Labute approximate surface area is 244 Å². The third kappa shape index (κ3) is 8.33. The molecule has 1 atom stereocenters. The normalized spacial score (nSPS) is 12.4. The van der Waals surface area contributed by atoms with Crippen molar-refractivity contribution in [1.29, 1.82) is 0 Å². The number of hydrogen-bond acceptors (Lipinski definition) is 5. The van der Waals surface area contributed by atoms with E-state index in [2.05, 4.69) is 5.32 Å². The Balaban J connectivity index is 2.08. The topological polar surface area (TPSA) is 96.0 Å². The van der Waals surface area contributed by atoms with Crippen LogP contribution in [0.3, 0.4) is 0 Å². The zero-order chi connectivity index (χ0) is 30.5. The van der Waals surface area contributed by atoms with Crippen LogP contribution in [0.15, 0.2) is 71.6 Å². The molecule has 220 valence electrons. The van der Waals surface area contributed by atoms with Gasteiger partial charge in [-0.1, -0.05) is 35.9 Å². The van der Waals surface area contributed by atoms with Crippen molar-refractivity contribution >= 4 is 27.5 Å². The highest BCUT2D eigenvalue weighted by molar-refractivity contribution is 7.92. The Morgan fingerprint density at radius 1 is 0.902 bits per heavy atom. The molecule has 0 unspecified atom stereocenters. The van der Waals surface area contributed by atoms with Crippen LogP contribution in [0.1, 0.15) is 49.9 Å². The monoisotopic (exact) mass is 579 g/mol. The Morgan fingerprint density at radius 3 is 2.07 bits per heavy atom. The molecule has 0 heterocycles. The number of carbonyl (C=O) groups is 2. The summed E-state index contributed by atoms with van der Waals surface area (Å²) in [5, 5.41) is 2.93. The summed E-state index contributed by atoms with van der Waals surface area (Å²) >= 11 is 0. The molecule has 1 N–H and O–H groups in total. The number of benzene rings is 3. The summed E-state index contributed by atoms with van der Waals surface area (Å²) in [6.07, 6.45) is 0. The number of carbonyl (C=O) groups excluding carboxylic acids is 2. The minimum atomic E-state index is -4.13. The molecule has 0 bridgehead atoms. The van der Waals surface area contributed by atoms with Gasteiger partial charge < -0.3 is 15.0 Å². The van der Waals surface area contributed by atoms with Crippen molar-refractivity contribution in [1.82, 2.24) is 10.2 Å². The second-order valence-corrected chi connectivity index (χ2v) is 13.3. The average Bonchev–Trinajstić information content (AvgIpc) is 2.88. The van der Waals surface area contributed by atoms with E-state index in [0.717, 1.165) is 26.6 Å². The predicted molar refractivity (Wildman–Crippen MR) is 163 cm³/mol. The smallest absolute Gasteiger partial charge is 0.264 e. The third-order valence-electron chi connectivity index (χ3n) is 6.53. The quantitative estimate of drug-likeness (QED) is 0.359. The SMILES string of the molecule is COc1cccc(CN(C(=O)CN(c2cc(C)cc(C)c2)S(=O)(=O)c2ccc(C)cc2)[C@@H](C)C(=O)NC(C)(C)C)c1. The number of aryl methyl sites for hydroxylation is 3. The molecule has 0 aromatic heterocycles. The maximum absolute atomic E-state index is 14.1. The Bertz CT molecular complexity index is 1470. The van der Waals surface area contributed by atoms with Gasteiger partial charge in [-0.25, -0.2) is 8.42 Å². The van der Waals surface area contributed by atoms with Gasteiger partial charge >= 0.3 is 0 Å². The first-order valence-corrected chi connectivity index (χ1v) is 15.0. The summed E-state index contributed by atoms with van der Waals surface area (Å²) in [7, 11) is -2.57. The number of nitrogens with zero attached hydrogens (tertiary/aromatic N) is 2. The van der Waals surface area contributed by atoms with Crippen molar-refractivity contribution in [2.75, 3.05) is 18.0 Å². The molecule has 0 aliphatic carbocycles. The largest absolute Gasteiger partial charge is 0.497 e. The van der Waals surface area contributed by atoms with E-state index in [4.69, 9.17) is 4.74 Å². The zero-order valence-electron chi connectivity index (χ0n) is 25.2. The van der Waals surface area contributed by atoms with Gasteiger partial charge in [0.2, 0.25) is 11.8 Å². The van der Waals surface area contributed by atoms with E-state index in [1.807, 2.05) is 53.7 Å². The molecule has 41 heavy (non-hydrogen) atoms. The molecule has 3 aromatic rings. The first-order chi connectivity index (χ1) is 19.1. The van der Waals surface area contributed by atoms with Crippen molar-refractivity contribution in [3.05, 3.63) is 89.0 Å². The lowest BCUT2D eigenvalue weighted by atomic mass is 10.1. The fourth-order valence-electron chi connectivity index (χ4n) is 4.49. The van der Waals surface area contributed by atoms with Gasteiger partial charge in [0.15, 0.2) is 0 Å². The van der Waals surface area contributed by atoms with Crippen LogP contribution >= 0.6 is 0 Å². The van der Waals surface area contributed by atoms with E-state index < -0.39 is 34.1 Å². The maximum Gasteiger partial charge on any atom is 0.264 e. The average molecular weight is 580 g/mol. The molecule has 0 radical (unpaired) electrons. The summed E-state index contributed by atoms with van der Waals surface area (Å²) < 4.78 is 34.5. The van der Waals surface area contributed by atoms with Gasteiger partial charge in [-0.15, -0.1) is 0 Å². The molecule has 0 saturated heterocycles. The highest BCUT2D eigenvalue weighted by atomic mass is 32.2. The highest BCUT2D eigenvalue weighted by Crippen LogP contribution is 2.27. The first-order valence-electron chi connectivity index (χ1n) is 13.5. The molecule has 3 rings (SSSR count). The number of ether oxygens (including phenoxy) is 1. The van der Waals surface area contributed by atoms with Gasteiger partial charge in [-0.3, -0.25) is 13.9 Å². The van der Waals surface area contributed by atoms with Crippen molar-refractivity contribution in [2.24, 2.45) is 0 Å². The van der Waals surface area contributed by atoms with E-state index in [9.17, 15) is 18.0 Å². The highest BCUT2D eigenvalue weighted by Gasteiger charge is 2.33. The molecule has 0 aliphatic rings. The standard InChI is InChI=1S/C32H41N3O5S/c1-22-12-14-29(15-13-22)41(38,39)35(27-17-23(2)16-24(3)18-27)21-30(36)34(25(4)31(37)33-32(5,6)7)20-26-10-9-11-28(19-26)40-8/h9-19,25H,20-21H2,1-8H3,(H,33,37)/t25-/m0/s1. The Hall–Kier alpha value is -3.85. The maximum atomic E-state index is 14.1. The molecule has 0 aliphatic heterocycles. The minimum absolute atomic E-state index is 0.0768. The summed E-state index contributed by atoms with van der Waals surface area (Å²) in [5.74, 6) is -0.243. The van der Waals surface area contributed by atoms with Crippen LogP contribution in [0.5, 0.6) is 5.75 Å². The number of anilines is 1. The van der Waals surface area contributed by atoms with Gasteiger partial charge in [-0.05, 0) is 102 Å². The summed E-state index contributed by atoms with van der Waals surface area (Å²) in [5.41, 5.74) is 3.25. The number of rotatable bonds is 10. The fraction of sp³-hybridized carbons (Fsp3) is 0.375. The lowest BCUT2D eigenvalue weighted by molar-refractivity contribution is -0.140. The van der Waals surface area contributed by atoms with Crippen LogP contribution in [-0.4, -0.2) is 50.4 Å². The second-order valence-electron chi connectivity index (χ2n) is 11.5. The van der Waals surface area contributed by atoms with Crippen LogP contribution < -0.4 is 14.4 Å². The van der Waals surface area contributed by atoms with E-state index >= 15 is 0 Å². The molecule has 0 spiro atoms.